The lowest BCUT2D eigenvalue weighted by Crippen LogP contribution is -2.27. The van der Waals surface area contributed by atoms with Gasteiger partial charge in [-0.3, -0.25) is 0 Å². The van der Waals surface area contributed by atoms with Crippen LogP contribution in [0, 0.1) is 0 Å². The minimum Gasteiger partial charge on any atom is -0.489 e. The first kappa shape index (κ1) is 32.3. The molecule has 0 unspecified atom stereocenters. The monoisotopic (exact) mass is 663 g/mol. The van der Waals surface area contributed by atoms with Crippen LogP contribution in [0.1, 0.15) is 39.5 Å². The largest absolute Gasteiger partial charge is 0.489 e. The Balaban J connectivity index is 1.19. The molecule has 0 spiro atoms. The fourth-order valence-corrected chi connectivity index (χ4v) is 5.77. The van der Waals surface area contributed by atoms with E-state index in [1.807, 2.05) is 152 Å². The van der Waals surface area contributed by atoms with Crippen molar-refractivity contribution >= 4 is 5.71 Å². The van der Waals surface area contributed by atoms with Gasteiger partial charge >= 0.3 is 0 Å². The average molecular weight is 664 g/mol. The van der Waals surface area contributed by atoms with E-state index < -0.39 is 6.10 Å². The van der Waals surface area contributed by atoms with Crippen LogP contribution in [0.4, 0.5) is 0 Å². The first-order chi connectivity index (χ1) is 24.7. The lowest BCUT2D eigenvalue weighted by Gasteiger charge is -2.29. The molecule has 0 fully saturated rings. The highest BCUT2D eigenvalue weighted by atomic mass is 16.5. The third kappa shape index (κ3) is 8.08. The van der Waals surface area contributed by atoms with Crippen LogP contribution < -0.4 is 23.7 Å². The van der Waals surface area contributed by atoms with E-state index in [2.05, 4.69) is 5.16 Å². The second-order valence-corrected chi connectivity index (χ2v) is 12.0. The predicted octanol–water partition coefficient (Wildman–Crippen LogP) is 9.51. The Kier molecular flexibility index (Phi) is 10.2. The summed E-state index contributed by atoms with van der Waals surface area (Å²) < 4.78 is 31.8. The molecule has 0 saturated carbocycles. The number of hydrogen-bond donors (Lipinski definition) is 1. The quantitative estimate of drug-likeness (QED) is 0.0980. The van der Waals surface area contributed by atoms with Crippen LogP contribution in [-0.4, -0.2) is 10.9 Å². The molecule has 250 valence electrons. The van der Waals surface area contributed by atoms with Crippen molar-refractivity contribution in [3.63, 3.8) is 0 Å². The van der Waals surface area contributed by atoms with Crippen LogP contribution in [0.15, 0.2) is 157 Å². The Hall–Kier alpha value is -6.21. The van der Waals surface area contributed by atoms with E-state index in [0.717, 1.165) is 33.4 Å². The lowest BCUT2D eigenvalue weighted by molar-refractivity contribution is 0.231. The van der Waals surface area contributed by atoms with Gasteiger partial charge in [0.2, 0.25) is 0 Å². The topological polar surface area (TPSA) is 78.7 Å². The van der Waals surface area contributed by atoms with Gasteiger partial charge in [-0.05, 0) is 34.4 Å². The molecule has 1 aliphatic heterocycles. The molecule has 1 N–H and O–H groups in total. The summed E-state index contributed by atoms with van der Waals surface area (Å²) in [7, 11) is 0. The van der Waals surface area contributed by atoms with Crippen LogP contribution in [0.5, 0.6) is 28.7 Å². The maximum atomic E-state index is 10.3. The Labute approximate surface area is 291 Å². The van der Waals surface area contributed by atoms with Gasteiger partial charge < -0.3 is 28.9 Å². The van der Waals surface area contributed by atoms with E-state index in [1.54, 1.807) is 0 Å². The van der Waals surface area contributed by atoms with Crippen molar-refractivity contribution in [1.82, 2.24) is 0 Å². The molecule has 0 amide bonds. The number of ether oxygens (including phenoxy) is 5. The maximum Gasteiger partial charge on any atom is 0.166 e. The maximum absolute atomic E-state index is 10.3. The van der Waals surface area contributed by atoms with Gasteiger partial charge in [-0.1, -0.05) is 133 Å². The van der Waals surface area contributed by atoms with Crippen molar-refractivity contribution in [2.45, 2.75) is 39.0 Å². The van der Waals surface area contributed by atoms with E-state index in [-0.39, 0.29) is 0 Å². The first-order valence-electron chi connectivity index (χ1n) is 16.6. The minimum absolute atomic E-state index is 0.312. The molecule has 0 aliphatic carbocycles. The summed E-state index contributed by atoms with van der Waals surface area (Å²) in [5, 5.41) is 14.0. The molecular formula is C43H37NO6. The second-order valence-electron chi connectivity index (χ2n) is 12.0. The van der Waals surface area contributed by atoms with E-state index in [4.69, 9.17) is 23.7 Å². The zero-order valence-corrected chi connectivity index (χ0v) is 27.5. The smallest absolute Gasteiger partial charge is 0.166 e. The van der Waals surface area contributed by atoms with Crippen molar-refractivity contribution in [2.24, 2.45) is 5.16 Å². The number of rotatable bonds is 13. The SMILES string of the molecule is O/N=C1/Cc2c(OCc3ccccc3)cc(OCc3ccccc3)cc2O[C@@H]1c1ccc(OCc2ccccc2)c(OCc2ccccc2)c1. The molecule has 50 heavy (non-hydrogen) atoms. The Morgan fingerprint density at radius 1 is 0.520 bits per heavy atom. The van der Waals surface area contributed by atoms with Gasteiger partial charge in [-0.2, -0.15) is 0 Å². The normalized spacial score (nSPS) is 14.3. The predicted molar refractivity (Wildman–Crippen MR) is 192 cm³/mol. The molecule has 0 bridgehead atoms. The highest BCUT2D eigenvalue weighted by Crippen LogP contribution is 2.43. The average Bonchev–Trinajstić information content (AvgIpc) is 3.18. The highest BCUT2D eigenvalue weighted by molar-refractivity contribution is 5.94. The Morgan fingerprint density at radius 3 is 1.52 bits per heavy atom. The van der Waals surface area contributed by atoms with Gasteiger partial charge in [0.15, 0.2) is 17.6 Å². The molecule has 0 aromatic heterocycles. The minimum atomic E-state index is -0.693. The first-order valence-corrected chi connectivity index (χ1v) is 16.6. The third-order valence-electron chi connectivity index (χ3n) is 8.41. The van der Waals surface area contributed by atoms with Crippen molar-refractivity contribution in [2.75, 3.05) is 0 Å². The molecule has 7 rings (SSSR count). The summed E-state index contributed by atoms with van der Waals surface area (Å²) in [6.07, 6.45) is -0.382. The summed E-state index contributed by atoms with van der Waals surface area (Å²) in [4.78, 5) is 0. The number of oxime groups is 1. The fraction of sp³-hybridized carbons (Fsp3) is 0.140. The molecule has 7 nitrogen and oxygen atoms in total. The van der Waals surface area contributed by atoms with E-state index >= 15 is 0 Å². The zero-order valence-electron chi connectivity index (χ0n) is 27.5. The van der Waals surface area contributed by atoms with Crippen molar-refractivity contribution in [3.05, 3.63) is 185 Å². The Morgan fingerprint density at radius 2 is 1.00 bits per heavy atom. The summed E-state index contributed by atoms with van der Waals surface area (Å²) in [6, 6.07) is 49.3. The van der Waals surface area contributed by atoms with Crippen LogP contribution in [0.25, 0.3) is 0 Å². The number of hydrogen-bond acceptors (Lipinski definition) is 7. The van der Waals surface area contributed by atoms with Gasteiger partial charge in [0.25, 0.3) is 0 Å². The van der Waals surface area contributed by atoms with Gasteiger partial charge in [-0.15, -0.1) is 0 Å². The second kappa shape index (κ2) is 15.8. The van der Waals surface area contributed by atoms with Crippen molar-refractivity contribution in [3.8, 4) is 28.7 Å². The van der Waals surface area contributed by atoms with Gasteiger partial charge in [0, 0.05) is 29.7 Å². The Bertz CT molecular complexity index is 2020. The van der Waals surface area contributed by atoms with Gasteiger partial charge in [0.1, 0.15) is 49.4 Å². The van der Waals surface area contributed by atoms with Crippen LogP contribution in [0.3, 0.4) is 0 Å². The number of fused-ring (bicyclic) bond motifs is 1. The number of nitrogens with zero attached hydrogens (tertiary/aromatic N) is 1. The van der Waals surface area contributed by atoms with Crippen LogP contribution >= 0.6 is 0 Å². The summed E-state index contributed by atoms with van der Waals surface area (Å²) in [5.41, 5.74) is 6.11. The molecular weight excluding hydrogens is 626 g/mol. The molecule has 6 aromatic carbocycles. The molecule has 6 aromatic rings. The highest BCUT2D eigenvalue weighted by Gasteiger charge is 2.32. The lowest BCUT2D eigenvalue weighted by atomic mass is 9.94. The molecule has 7 heteroatoms. The molecule has 0 saturated heterocycles. The number of benzene rings is 6. The standard InChI is InChI=1S/C43H37NO6/c45-44-38-26-37-40(48-29-33-17-9-3-10-18-33)24-36(46-27-31-13-5-1-6-14-31)25-41(37)50-43(38)35-21-22-39(47-28-32-15-7-2-8-16-32)42(23-35)49-30-34-19-11-4-12-20-34/h1-25,43,45H,26-30H2/b44-38-/t43-/m1/s1. The van der Waals surface area contributed by atoms with Crippen molar-refractivity contribution in [1.29, 1.82) is 0 Å². The summed E-state index contributed by atoms with van der Waals surface area (Å²) in [5.74, 6) is 2.95. The van der Waals surface area contributed by atoms with Crippen molar-refractivity contribution < 1.29 is 28.9 Å². The van der Waals surface area contributed by atoms with Gasteiger partial charge in [0.05, 0.1) is 0 Å². The molecule has 1 atom stereocenters. The summed E-state index contributed by atoms with van der Waals surface area (Å²) in [6.45, 7) is 1.48. The fourth-order valence-electron chi connectivity index (χ4n) is 5.77. The van der Waals surface area contributed by atoms with E-state index in [1.165, 1.54) is 0 Å². The summed E-state index contributed by atoms with van der Waals surface area (Å²) >= 11 is 0. The van der Waals surface area contributed by atoms with Crippen LogP contribution in [0.2, 0.25) is 0 Å². The van der Waals surface area contributed by atoms with E-state index in [9.17, 15) is 5.21 Å². The molecule has 1 heterocycles. The third-order valence-corrected chi connectivity index (χ3v) is 8.41. The molecule has 1 aliphatic rings. The van der Waals surface area contributed by atoms with Crippen LogP contribution in [-0.2, 0) is 32.8 Å². The zero-order chi connectivity index (χ0) is 34.0. The molecule has 0 radical (unpaired) electrons. The van der Waals surface area contributed by atoms with Gasteiger partial charge in [-0.25, -0.2) is 0 Å². The van der Waals surface area contributed by atoms with E-state index in [0.29, 0.717) is 67.3 Å².